The van der Waals surface area contributed by atoms with Crippen molar-refractivity contribution in [2.24, 2.45) is 4.99 Å². The van der Waals surface area contributed by atoms with E-state index in [0.29, 0.717) is 11.3 Å². The molecule has 0 saturated heterocycles. The number of nitrogens with one attached hydrogen (secondary N) is 1. The molecule has 1 amide bonds. The van der Waals surface area contributed by atoms with Crippen molar-refractivity contribution in [2.75, 3.05) is 0 Å². The summed E-state index contributed by atoms with van der Waals surface area (Å²) >= 11 is 0. The lowest BCUT2D eigenvalue weighted by molar-refractivity contribution is -0.116. The summed E-state index contributed by atoms with van der Waals surface area (Å²) in [7, 11) is 0. The molecule has 1 aliphatic carbocycles. The Labute approximate surface area is 112 Å². The summed E-state index contributed by atoms with van der Waals surface area (Å²) in [5, 5.41) is 13.0. The third kappa shape index (κ3) is 2.23. The van der Waals surface area contributed by atoms with Gasteiger partial charge in [0, 0.05) is 5.56 Å². The standard InChI is InChI=1S/C15H18N2O2/c1-9-6-7-13(18)10(8-9)14-15(19)17-12-5-3-2-4-11(12)16-14/h6-8,11-12,18H,2-5H2,1H3,(H,17,19). The molecule has 19 heavy (non-hydrogen) atoms. The van der Waals surface area contributed by atoms with Crippen LogP contribution in [0.5, 0.6) is 5.75 Å². The number of aryl methyl sites for hydroxylation is 1. The number of nitrogens with zero attached hydrogens (tertiary/aromatic N) is 1. The predicted octanol–water partition coefficient (Wildman–Crippen LogP) is 1.93. The molecule has 1 heterocycles. The third-order valence-corrected chi connectivity index (χ3v) is 3.96. The second kappa shape index (κ2) is 4.68. The highest BCUT2D eigenvalue weighted by molar-refractivity contribution is 6.46. The highest BCUT2D eigenvalue weighted by Crippen LogP contribution is 2.27. The fraction of sp³-hybridized carbons (Fsp3) is 0.467. The quantitative estimate of drug-likeness (QED) is 0.808. The van der Waals surface area contributed by atoms with Gasteiger partial charge in [0.2, 0.25) is 0 Å². The third-order valence-electron chi connectivity index (χ3n) is 3.96. The Kier molecular flexibility index (Phi) is 3.01. The van der Waals surface area contributed by atoms with Gasteiger partial charge in [0.1, 0.15) is 11.5 Å². The number of phenols is 1. The van der Waals surface area contributed by atoms with Crippen LogP contribution >= 0.6 is 0 Å². The van der Waals surface area contributed by atoms with Crippen LogP contribution in [0.1, 0.15) is 36.8 Å². The van der Waals surface area contributed by atoms with Crippen LogP contribution in [0.25, 0.3) is 0 Å². The molecule has 1 aliphatic heterocycles. The molecule has 4 nitrogen and oxygen atoms in total. The van der Waals surface area contributed by atoms with E-state index in [4.69, 9.17) is 0 Å². The Hall–Kier alpha value is -1.84. The van der Waals surface area contributed by atoms with E-state index in [2.05, 4.69) is 10.3 Å². The van der Waals surface area contributed by atoms with Crippen LogP contribution in [-0.4, -0.2) is 28.8 Å². The average Bonchev–Trinajstić information content (AvgIpc) is 2.41. The van der Waals surface area contributed by atoms with Crippen molar-refractivity contribution >= 4 is 11.6 Å². The molecule has 0 radical (unpaired) electrons. The van der Waals surface area contributed by atoms with Crippen LogP contribution in [0.4, 0.5) is 0 Å². The predicted molar refractivity (Wildman–Crippen MR) is 73.6 cm³/mol. The first-order valence-corrected chi connectivity index (χ1v) is 6.84. The van der Waals surface area contributed by atoms with Gasteiger partial charge in [-0.1, -0.05) is 24.5 Å². The van der Waals surface area contributed by atoms with Gasteiger partial charge in [-0.15, -0.1) is 0 Å². The van der Waals surface area contributed by atoms with E-state index in [1.807, 2.05) is 19.1 Å². The maximum atomic E-state index is 12.2. The summed E-state index contributed by atoms with van der Waals surface area (Å²) in [5.41, 5.74) is 1.93. The van der Waals surface area contributed by atoms with Gasteiger partial charge in [-0.3, -0.25) is 9.79 Å². The van der Waals surface area contributed by atoms with Crippen molar-refractivity contribution in [1.82, 2.24) is 5.32 Å². The number of hydrogen-bond donors (Lipinski definition) is 2. The van der Waals surface area contributed by atoms with Gasteiger partial charge in [-0.05, 0) is 31.9 Å². The Morgan fingerprint density at radius 1 is 1.32 bits per heavy atom. The normalized spacial score (nSPS) is 26.4. The Morgan fingerprint density at radius 3 is 2.95 bits per heavy atom. The van der Waals surface area contributed by atoms with Crippen LogP contribution in [0.3, 0.4) is 0 Å². The number of fused-ring (bicyclic) bond motifs is 1. The van der Waals surface area contributed by atoms with Crippen LogP contribution < -0.4 is 5.32 Å². The van der Waals surface area contributed by atoms with Crippen molar-refractivity contribution in [3.63, 3.8) is 0 Å². The van der Waals surface area contributed by atoms with Crippen molar-refractivity contribution < 1.29 is 9.90 Å². The Balaban J connectivity index is 2.01. The molecule has 0 spiro atoms. The minimum absolute atomic E-state index is 0.119. The first kappa shape index (κ1) is 12.2. The van der Waals surface area contributed by atoms with Gasteiger partial charge in [-0.25, -0.2) is 0 Å². The van der Waals surface area contributed by atoms with Crippen LogP contribution in [-0.2, 0) is 4.79 Å². The highest BCUT2D eigenvalue weighted by Gasteiger charge is 2.33. The maximum absolute atomic E-state index is 12.2. The van der Waals surface area contributed by atoms with Gasteiger partial charge in [0.05, 0.1) is 12.1 Å². The summed E-state index contributed by atoms with van der Waals surface area (Å²) < 4.78 is 0. The molecule has 2 N–H and O–H groups in total. The zero-order valence-electron chi connectivity index (χ0n) is 11.0. The zero-order chi connectivity index (χ0) is 13.4. The van der Waals surface area contributed by atoms with E-state index in [-0.39, 0.29) is 23.7 Å². The van der Waals surface area contributed by atoms with Gasteiger partial charge in [0.15, 0.2) is 0 Å². The van der Waals surface area contributed by atoms with Crippen molar-refractivity contribution in [2.45, 2.75) is 44.7 Å². The van der Waals surface area contributed by atoms with Gasteiger partial charge < -0.3 is 10.4 Å². The maximum Gasteiger partial charge on any atom is 0.270 e. The number of benzene rings is 1. The number of hydrogen-bond acceptors (Lipinski definition) is 3. The summed E-state index contributed by atoms with van der Waals surface area (Å²) in [6.45, 7) is 1.94. The van der Waals surface area contributed by atoms with Gasteiger partial charge in [-0.2, -0.15) is 0 Å². The van der Waals surface area contributed by atoms with E-state index in [0.717, 1.165) is 31.2 Å². The SMILES string of the molecule is Cc1ccc(O)c(C2=NC3CCCCC3NC2=O)c1. The van der Waals surface area contributed by atoms with E-state index in [9.17, 15) is 9.90 Å². The lowest BCUT2D eigenvalue weighted by atomic mass is 9.88. The first-order chi connectivity index (χ1) is 9.15. The number of carbonyl (C=O) groups excluding carboxylic acids is 1. The number of carbonyl (C=O) groups is 1. The summed E-state index contributed by atoms with van der Waals surface area (Å²) in [5.74, 6) is -0.0437. The smallest absolute Gasteiger partial charge is 0.270 e. The van der Waals surface area contributed by atoms with E-state index >= 15 is 0 Å². The molecule has 1 saturated carbocycles. The Morgan fingerprint density at radius 2 is 2.11 bits per heavy atom. The Bertz CT molecular complexity index is 551. The number of phenolic OH excluding ortho intramolecular Hbond substituents is 1. The van der Waals surface area contributed by atoms with E-state index in [1.54, 1.807) is 6.07 Å². The monoisotopic (exact) mass is 258 g/mol. The van der Waals surface area contributed by atoms with Crippen molar-refractivity contribution in [1.29, 1.82) is 0 Å². The van der Waals surface area contributed by atoms with E-state index in [1.165, 1.54) is 0 Å². The second-order valence-electron chi connectivity index (χ2n) is 5.43. The van der Waals surface area contributed by atoms with E-state index < -0.39 is 0 Å². The first-order valence-electron chi connectivity index (χ1n) is 6.84. The largest absolute Gasteiger partial charge is 0.507 e. The highest BCUT2D eigenvalue weighted by atomic mass is 16.3. The van der Waals surface area contributed by atoms with Crippen molar-refractivity contribution in [3.05, 3.63) is 29.3 Å². The average molecular weight is 258 g/mol. The molecule has 4 heteroatoms. The molecule has 3 rings (SSSR count). The molecular formula is C15H18N2O2. The molecule has 1 aromatic carbocycles. The number of rotatable bonds is 1. The minimum Gasteiger partial charge on any atom is -0.507 e. The van der Waals surface area contributed by atoms with Crippen LogP contribution in [0.2, 0.25) is 0 Å². The summed E-state index contributed by atoms with van der Waals surface area (Å²) in [4.78, 5) is 16.8. The summed E-state index contributed by atoms with van der Waals surface area (Å²) in [6, 6.07) is 5.60. The molecule has 1 fully saturated rings. The van der Waals surface area contributed by atoms with Crippen LogP contribution in [0, 0.1) is 6.92 Å². The zero-order valence-corrected chi connectivity index (χ0v) is 11.0. The molecule has 0 bridgehead atoms. The summed E-state index contributed by atoms with van der Waals surface area (Å²) in [6.07, 6.45) is 4.34. The fourth-order valence-corrected chi connectivity index (χ4v) is 2.93. The molecule has 100 valence electrons. The molecule has 1 aromatic rings. The van der Waals surface area contributed by atoms with Crippen molar-refractivity contribution in [3.8, 4) is 5.75 Å². The second-order valence-corrected chi connectivity index (χ2v) is 5.43. The van der Waals surface area contributed by atoms with Crippen LogP contribution in [0.15, 0.2) is 23.2 Å². The molecule has 0 aromatic heterocycles. The van der Waals surface area contributed by atoms with Gasteiger partial charge >= 0.3 is 0 Å². The number of aromatic hydroxyl groups is 1. The molecule has 2 aliphatic rings. The fourth-order valence-electron chi connectivity index (χ4n) is 2.93. The molecule has 2 unspecified atom stereocenters. The number of aliphatic imine (C=N–C) groups is 1. The lowest BCUT2D eigenvalue weighted by Gasteiger charge is -2.33. The molecular weight excluding hydrogens is 240 g/mol. The van der Waals surface area contributed by atoms with Gasteiger partial charge in [0.25, 0.3) is 5.91 Å². The lowest BCUT2D eigenvalue weighted by Crippen LogP contribution is -2.51. The number of amides is 1. The topological polar surface area (TPSA) is 61.7 Å². The minimum atomic E-state index is -0.163. The molecule has 2 atom stereocenters.